The van der Waals surface area contributed by atoms with Crippen LogP contribution in [0.25, 0.3) is 6.08 Å². The van der Waals surface area contributed by atoms with Crippen LogP contribution in [0.2, 0.25) is 0 Å². The Morgan fingerprint density at radius 1 is 1.25 bits per heavy atom. The Kier molecular flexibility index (Phi) is 6.84. The normalized spacial score (nSPS) is 21.2. The number of carbonyl (C=O) groups is 3. The Morgan fingerprint density at radius 2 is 2.06 bits per heavy atom. The zero-order chi connectivity index (χ0) is 22.5. The number of aliphatic hydroxyl groups excluding tert-OH is 1. The van der Waals surface area contributed by atoms with E-state index in [0.29, 0.717) is 24.5 Å². The Bertz CT molecular complexity index is 992. The third kappa shape index (κ3) is 5.34. The molecule has 2 aliphatic rings. The van der Waals surface area contributed by atoms with E-state index in [4.69, 9.17) is 9.47 Å². The summed E-state index contributed by atoms with van der Waals surface area (Å²) in [6.45, 7) is 1.09. The maximum absolute atomic E-state index is 12.5. The zero-order valence-electron chi connectivity index (χ0n) is 17.2. The number of morpholine rings is 1. The van der Waals surface area contributed by atoms with Crippen molar-refractivity contribution in [3.05, 3.63) is 52.7 Å². The molecule has 3 amide bonds. The van der Waals surface area contributed by atoms with Crippen LogP contribution in [0, 0.1) is 0 Å². The molecule has 2 aliphatic heterocycles. The molecule has 32 heavy (non-hydrogen) atoms. The number of thiophene rings is 1. The molecule has 4 rings (SSSR count). The van der Waals surface area contributed by atoms with Crippen molar-refractivity contribution in [3.63, 3.8) is 0 Å². The Labute approximate surface area is 188 Å². The van der Waals surface area contributed by atoms with Crippen LogP contribution in [0.15, 0.2) is 47.2 Å². The molecule has 2 atom stereocenters. The number of ether oxygens (including phenoxy) is 2. The third-order valence-electron chi connectivity index (χ3n) is 5.13. The van der Waals surface area contributed by atoms with Gasteiger partial charge in [0.1, 0.15) is 6.61 Å². The second-order valence-electron chi connectivity index (χ2n) is 7.40. The summed E-state index contributed by atoms with van der Waals surface area (Å²) in [6, 6.07) is 8.66. The predicted octanol–water partition coefficient (Wildman–Crippen LogP) is 2.29. The molecule has 0 unspecified atom stereocenters. The fourth-order valence-electron chi connectivity index (χ4n) is 3.54. The molecular formula is C22H23N3O6S. The van der Waals surface area contributed by atoms with Crippen molar-refractivity contribution in [2.24, 2.45) is 0 Å². The van der Waals surface area contributed by atoms with Gasteiger partial charge in [-0.1, -0.05) is 0 Å². The fraction of sp³-hybridized carbons (Fsp3) is 0.318. The highest BCUT2D eigenvalue weighted by molar-refractivity contribution is 7.08. The number of hydrogen-bond donors (Lipinski definition) is 2. The predicted molar refractivity (Wildman–Crippen MR) is 119 cm³/mol. The van der Waals surface area contributed by atoms with Gasteiger partial charge in [-0.15, -0.1) is 0 Å². The van der Waals surface area contributed by atoms with Gasteiger partial charge < -0.3 is 24.4 Å². The molecule has 0 radical (unpaired) electrons. The van der Waals surface area contributed by atoms with E-state index in [0.717, 1.165) is 5.56 Å². The van der Waals surface area contributed by atoms with Crippen LogP contribution in [-0.4, -0.2) is 66.5 Å². The number of rotatable bonds is 5. The maximum Gasteiger partial charge on any atom is 0.413 e. The minimum atomic E-state index is -0.866. The summed E-state index contributed by atoms with van der Waals surface area (Å²) in [7, 11) is 0. The topological polar surface area (TPSA) is 108 Å². The smallest absolute Gasteiger partial charge is 0.413 e. The van der Waals surface area contributed by atoms with Crippen molar-refractivity contribution in [3.8, 4) is 0 Å². The summed E-state index contributed by atoms with van der Waals surface area (Å²) in [4.78, 5) is 39.8. The minimum absolute atomic E-state index is 0.0528. The van der Waals surface area contributed by atoms with Crippen LogP contribution in [0.3, 0.4) is 0 Å². The van der Waals surface area contributed by atoms with Crippen molar-refractivity contribution in [1.82, 2.24) is 4.90 Å². The van der Waals surface area contributed by atoms with Crippen LogP contribution in [0.4, 0.5) is 16.2 Å². The van der Waals surface area contributed by atoms with Gasteiger partial charge in [0.2, 0.25) is 5.91 Å². The van der Waals surface area contributed by atoms with E-state index >= 15 is 0 Å². The molecule has 0 bridgehead atoms. The molecule has 2 saturated heterocycles. The average Bonchev–Trinajstić information content (AvgIpc) is 3.42. The number of amides is 3. The van der Waals surface area contributed by atoms with E-state index in [1.165, 1.54) is 22.3 Å². The molecule has 2 fully saturated rings. The van der Waals surface area contributed by atoms with Gasteiger partial charge in [-0.25, -0.2) is 4.79 Å². The summed E-state index contributed by atoms with van der Waals surface area (Å²) < 4.78 is 10.5. The van der Waals surface area contributed by atoms with Crippen molar-refractivity contribution < 1.29 is 29.0 Å². The summed E-state index contributed by atoms with van der Waals surface area (Å²) in [5.74, 6) is -0.459. The van der Waals surface area contributed by atoms with Crippen LogP contribution in [0.1, 0.15) is 12.0 Å². The van der Waals surface area contributed by atoms with E-state index in [1.807, 2.05) is 16.8 Å². The molecule has 2 N–H and O–H groups in total. The van der Waals surface area contributed by atoms with Crippen molar-refractivity contribution >= 4 is 46.7 Å². The van der Waals surface area contributed by atoms with Gasteiger partial charge in [0.05, 0.1) is 19.3 Å². The number of benzene rings is 1. The molecular weight excluding hydrogens is 434 g/mol. The lowest BCUT2D eigenvalue weighted by atomic mass is 10.2. The molecule has 10 heteroatoms. The van der Waals surface area contributed by atoms with E-state index in [2.05, 4.69) is 5.32 Å². The van der Waals surface area contributed by atoms with Gasteiger partial charge in [0.25, 0.3) is 5.91 Å². The highest BCUT2D eigenvalue weighted by Gasteiger charge is 2.36. The SMILES string of the molecule is O=C(Nc1ccc(N2CCOCC2=O)cc1)O[C@@H]1C[C@@H](O)CN1C(=O)C=Cc1ccsc1. The second-order valence-corrected chi connectivity index (χ2v) is 8.18. The van der Waals surface area contributed by atoms with Crippen LogP contribution >= 0.6 is 11.3 Å². The number of carbonyl (C=O) groups excluding carboxylic acids is 3. The number of aliphatic hydroxyl groups is 1. The van der Waals surface area contributed by atoms with E-state index in [1.54, 1.807) is 35.2 Å². The van der Waals surface area contributed by atoms with Gasteiger partial charge in [-0.05, 0) is 52.7 Å². The standard InChI is InChI=1S/C22H23N3O6S/c26-18-11-21(25(12-18)19(27)6-1-15-7-10-32-14-15)31-22(29)23-16-2-4-17(5-3-16)24-8-9-30-13-20(24)28/h1-7,10,14,18,21,26H,8-9,11-13H2,(H,23,29)/t18-,21-/m1/s1. The largest absolute Gasteiger partial charge is 0.425 e. The number of hydrogen-bond acceptors (Lipinski definition) is 7. The van der Waals surface area contributed by atoms with E-state index < -0.39 is 18.4 Å². The summed E-state index contributed by atoms with van der Waals surface area (Å²) in [6.07, 6.45) is 0.857. The van der Waals surface area contributed by atoms with Gasteiger partial charge in [-0.2, -0.15) is 11.3 Å². The van der Waals surface area contributed by atoms with E-state index in [9.17, 15) is 19.5 Å². The number of likely N-dealkylation sites (tertiary alicyclic amines) is 1. The number of nitrogens with one attached hydrogen (secondary N) is 1. The highest BCUT2D eigenvalue weighted by atomic mass is 32.1. The fourth-order valence-corrected chi connectivity index (χ4v) is 4.17. The lowest BCUT2D eigenvalue weighted by Gasteiger charge is -2.27. The molecule has 0 aliphatic carbocycles. The second kappa shape index (κ2) is 9.94. The van der Waals surface area contributed by atoms with Gasteiger partial charge >= 0.3 is 6.09 Å². The summed E-state index contributed by atoms with van der Waals surface area (Å²) >= 11 is 1.52. The first-order chi connectivity index (χ1) is 15.5. The van der Waals surface area contributed by atoms with Gasteiger partial charge in [0.15, 0.2) is 6.23 Å². The zero-order valence-corrected chi connectivity index (χ0v) is 18.0. The molecule has 0 saturated carbocycles. The lowest BCUT2D eigenvalue weighted by Crippen LogP contribution is -2.41. The Hall–Kier alpha value is -3.21. The third-order valence-corrected chi connectivity index (χ3v) is 5.83. The monoisotopic (exact) mass is 457 g/mol. The van der Waals surface area contributed by atoms with Crippen LogP contribution < -0.4 is 10.2 Å². The summed E-state index contributed by atoms with van der Waals surface area (Å²) in [5, 5.41) is 16.4. The first-order valence-corrected chi connectivity index (χ1v) is 11.1. The molecule has 168 valence electrons. The molecule has 3 heterocycles. The molecule has 1 aromatic carbocycles. The van der Waals surface area contributed by atoms with Crippen molar-refractivity contribution in [1.29, 1.82) is 0 Å². The first kappa shape index (κ1) is 22.0. The Balaban J connectivity index is 1.34. The highest BCUT2D eigenvalue weighted by Crippen LogP contribution is 2.22. The molecule has 0 spiro atoms. The van der Waals surface area contributed by atoms with Gasteiger partial charge in [0, 0.05) is 30.4 Å². The minimum Gasteiger partial charge on any atom is -0.425 e. The van der Waals surface area contributed by atoms with Crippen LogP contribution in [-0.2, 0) is 19.1 Å². The van der Waals surface area contributed by atoms with Crippen molar-refractivity contribution in [2.45, 2.75) is 18.8 Å². The van der Waals surface area contributed by atoms with Crippen molar-refractivity contribution in [2.75, 3.05) is 36.5 Å². The number of anilines is 2. The molecule has 2 aromatic rings. The average molecular weight is 458 g/mol. The first-order valence-electron chi connectivity index (χ1n) is 10.1. The van der Waals surface area contributed by atoms with Crippen LogP contribution in [0.5, 0.6) is 0 Å². The molecule has 1 aromatic heterocycles. The number of nitrogens with zero attached hydrogens (tertiary/aromatic N) is 2. The van der Waals surface area contributed by atoms with E-state index in [-0.39, 0.29) is 31.4 Å². The quantitative estimate of drug-likeness (QED) is 0.667. The van der Waals surface area contributed by atoms with Gasteiger partial charge in [-0.3, -0.25) is 14.9 Å². The summed E-state index contributed by atoms with van der Waals surface area (Å²) in [5.41, 5.74) is 2.10. The lowest BCUT2D eigenvalue weighted by molar-refractivity contribution is -0.132. The molecule has 9 nitrogen and oxygen atoms in total. The Morgan fingerprint density at radius 3 is 2.78 bits per heavy atom. The maximum atomic E-state index is 12.5. The number of β-amino-alcohol motifs (C(OH)–C–C–N with tert-alkyl or cyclic N) is 1.